The van der Waals surface area contributed by atoms with Crippen molar-refractivity contribution in [3.05, 3.63) is 30.1 Å². The number of nitrogens with one attached hydrogen (secondary N) is 1. The zero-order valence-electron chi connectivity index (χ0n) is 8.79. The number of aromatic amines is 1. The van der Waals surface area contributed by atoms with Crippen molar-refractivity contribution in [3.63, 3.8) is 0 Å². The van der Waals surface area contributed by atoms with Crippen LogP contribution < -0.4 is 5.73 Å². The van der Waals surface area contributed by atoms with E-state index in [9.17, 15) is 4.79 Å². The van der Waals surface area contributed by atoms with Crippen LogP contribution in [0.3, 0.4) is 0 Å². The van der Waals surface area contributed by atoms with E-state index in [4.69, 9.17) is 10.8 Å². The Morgan fingerprint density at radius 1 is 1.53 bits per heavy atom. The van der Waals surface area contributed by atoms with E-state index in [-0.39, 0.29) is 24.8 Å². The number of nitrogens with zero attached hydrogens (tertiary/aromatic N) is 1. The summed E-state index contributed by atoms with van der Waals surface area (Å²) in [4.78, 5) is 17.7. The number of rotatable bonds is 3. The average Bonchev–Trinajstić information content (AvgIpc) is 2.62. The van der Waals surface area contributed by atoms with Crippen LogP contribution in [0.2, 0.25) is 0 Å². The lowest BCUT2D eigenvalue weighted by atomic mass is 10.1. The summed E-state index contributed by atoms with van der Waals surface area (Å²) in [5.41, 5.74) is 7.10. The lowest BCUT2D eigenvalue weighted by Crippen LogP contribution is -2.32. The van der Waals surface area contributed by atoms with Crippen molar-refractivity contribution >= 4 is 41.8 Å². The Morgan fingerprint density at radius 3 is 2.88 bits per heavy atom. The summed E-state index contributed by atoms with van der Waals surface area (Å²) < 4.78 is 0. The molecular weight excluding hydrogens is 265 g/mol. The van der Waals surface area contributed by atoms with Gasteiger partial charge in [-0.15, -0.1) is 24.8 Å². The third-order valence-electron chi connectivity index (χ3n) is 2.29. The molecule has 2 rings (SSSR count). The van der Waals surface area contributed by atoms with Gasteiger partial charge < -0.3 is 15.8 Å². The van der Waals surface area contributed by atoms with Crippen LogP contribution in [-0.2, 0) is 11.2 Å². The predicted octanol–water partition coefficient (Wildman–Crippen LogP) is 1.36. The first-order valence-electron chi connectivity index (χ1n) is 4.58. The predicted molar refractivity (Wildman–Crippen MR) is 69.9 cm³/mol. The second-order valence-electron chi connectivity index (χ2n) is 3.36. The summed E-state index contributed by atoms with van der Waals surface area (Å²) in [5, 5.41) is 9.63. The van der Waals surface area contributed by atoms with E-state index >= 15 is 0 Å². The fourth-order valence-electron chi connectivity index (χ4n) is 1.51. The number of fused-ring (bicyclic) bond motifs is 1. The van der Waals surface area contributed by atoms with Crippen LogP contribution in [-0.4, -0.2) is 27.1 Å². The lowest BCUT2D eigenvalue weighted by molar-refractivity contribution is -0.138. The van der Waals surface area contributed by atoms with E-state index in [2.05, 4.69) is 9.97 Å². The maximum Gasteiger partial charge on any atom is 0.320 e. The van der Waals surface area contributed by atoms with Crippen molar-refractivity contribution in [2.75, 3.05) is 0 Å². The van der Waals surface area contributed by atoms with E-state index in [1.165, 1.54) is 0 Å². The zero-order valence-corrected chi connectivity index (χ0v) is 10.4. The summed E-state index contributed by atoms with van der Waals surface area (Å²) >= 11 is 0. The van der Waals surface area contributed by atoms with Crippen LogP contribution in [0, 0.1) is 0 Å². The first-order valence-corrected chi connectivity index (χ1v) is 4.58. The highest BCUT2D eigenvalue weighted by Crippen LogP contribution is 2.16. The van der Waals surface area contributed by atoms with Crippen LogP contribution in [0.1, 0.15) is 5.56 Å². The summed E-state index contributed by atoms with van der Waals surface area (Å²) in [5.74, 6) is -0.992. The van der Waals surface area contributed by atoms with E-state index in [1.54, 1.807) is 12.4 Å². The number of carbonyl (C=O) groups is 1. The maximum atomic E-state index is 10.6. The quantitative estimate of drug-likeness (QED) is 0.790. The van der Waals surface area contributed by atoms with Gasteiger partial charge in [0.2, 0.25) is 0 Å². The first-order chi connectivity index (χ1) is 7.18. The summed E-state index contributed by atoms with van der Waals surface area (Å²) in [6, 6.07) is 2.83. The maximum absolute atomic E-state index is 10.6. The van der Waals surface area contributed by atoms with Gasteiger partial charge in [-0.3, -0.25) is 4.79 Å². The van der Waals surface area contributed by atoms with Crippen LogP contribution >= 0.6 is 24.8 Å². The number of halogens is 2. The number of H-pyrrole nitrogens is 1. The SMILES string of the molecule is Cl.Cl.NC(Cc1c[nH]c2ncccc12)C(=O)O. The molecular formula is C10H13Cl2N3O2. The molecule has 4 N–H and O–H groups in total. The second kappa shape index (κ2) is 6.44. The highest BCUT2D eigenvalue weighted by molar-refractivity contribution is 5.85. The van der Waals surface area contributed by atoms with Crippen molar-refractivity contribution in [2.24, 2.45) is 5.73 Å². The van der Waals surface area contributed by atoms with E-state index in [0.29, 0.717) is 6.42 Å². The molecule has 2 aromatic heterocycles. The Kier molecular flexibility index (Phi) is 5.95. The highest BCUT2D eigenvalue weighted by atomic mass is 35.5. The Bertz CT molecular complexity index is 501. The van der Waals surface area contributed by atoms with Crippen molar-refractivity contribution < 1.29 is 9.90 Å². The summed E-state index contributed by atoms with van der Waals surface area (Å²) in [6.07, 6.45) is 3.74. The average molecular weight is 278 g/mol. The number of hydrogen-bond donors (Lipinski definition) is 3. The summed E-state index contributed by atoms with van der Waals surface area (Å²) in [7, 11) is 0. The minimum Gasteiger partial charge on any atom is -0.480 e. The number of carboxylic acid groups (broad SMARTS) is 1. The van der Waals surface area contributed by atoms with Crippen molar-refractivity contribution in [1.82, 2.24) is 9.97 Å². The number of aliphatic carboxylic acids is 1. The van der Waals surface area contributed by atoms with Crippen LogP contribution in [0.15, 0.2) is 24.5 Å². The molecule has 0 bridgehead atoms. The minimum atomic E-state index is -0.992. The van der Waals surface area contributed by atoms with Crippen LogP contribution in [0.5, 0.6) is 0 Å². The number of aromatic nitrogens is 2. The molecule has 2 heterocycles. The van der Waals surface area contributed by atoms with Crippen molar-refractivity contribution in [2.45, 2.75) is 12.5 Å². The highest BCUT2D eigenvalue weighted by Gasteiger charge is 2.14. The number of hydrogen-bond acceptors (Lipinski definition) is 3. The summed E-state index contributed by atoms with van der Waals surface area (Å²) in [6.45, 7) is 0. The van der Waals surface area contributed by atoms with Gasteiger partial charge in [0.1, 0.15) is 11.7 Å². The topological polar surface area (TPSA) is 92.0 Å². The lowest BCUT2D eigenvalue weighted by Gasteiger charge is -2.04. The number of pyridine rings is 1. The Morgan fingerprint density at radius 2 is 2.24 bits per heavy atom. The molecule has 2 aromatic rings. The van der Waals surface area contributed by atoms with Gasteiger partial charge in [0, 0.05) is 24.2 Å². The second-order valence-corrected chi connectivity index (χ2v) is 3.36. The van der Waals surface area contributed by atoms with Gasteiger partial charge in [-0.25, -0.2) is 4.98 Å². The molecule has 0 amide bonds. The Labute approximate surface area is 110 Å². The molecule has 0 aliphatic rings. The molecule has 0 aliphatic heterocycles. The molecule has 7 heteroatoms. The third-order valence-corrected chi connectivity index (χ3v) is 2.29. The van der Waals surface area contributed by atoms with E-state index < -0.39 is 12.0 Å². The monoisotopic (exact) mass is 277 g/mol. The zero-order chi connectivity index (χ0) is 10.8. The largest absolute Gasteiger partial charge is 0.480 e. The Balaban J connectivity index is 0.00000128. The van der Waals surface area contributed by atoms with Gasteiger partial charge in [0.25, 0.3) is 0 Å². The normalized spacial score (nSPS) is 11.4. The molecule has 17 heavy (non-hydrogen) atoms. The van der Waals surface area contributed by atoms with Crippen molar-refractivity contribution in [3.8, 4) is 0 Å². The first kappa shape index (κ1) is 15.7. The molecule has 0 radical (unpaired) electrons. The molecule has 0 fully saturated rings. The molecule has 5 nitrogen and oxygen atoms in total. The van der Waals surface area contributed by atoms with Gasteiger partial charge >= 0.3 is 5.97 Å². The van der Waals surface area contributed by atoms with Crippen LogP contribution in [0.4, 0.5) is 0 Å². The van der Waals surface area contributed by atoms with E-state index in [0.717, 1.165) is 16.6 Å². The van der Waals surface area contributed by atoms with Crippen molar-refractivity contribution in [1.29, 1.82) is 0 Å². The molecule has 0 saturated carbocycles. The molecule has 1 unspecified atom stereocenters. The van der Waals surface area contributed by atoms with Crippen LogP contribution in [0.25, 0.3) is 11.0 Å². The molecule has 0 aliphatic carbocycles. The fourth-order valence-corrected chi connectivity index (χ4v) is 1.51. The van der Waals surface area contributed by atoms with Gasteiger partial charge in [0.15, 0.2) is 0 Å². The number of nitrogens with two attached hydrogens (primary N) is 1. The molecule has 0 spiro atoms. The standard InChI is InChI=1S/C10H11N3O2.2ClH/c11-8(10(14)15)4-6-5-13-9-7(6)2-1-3-12-9;;/h1-3,5,8H,4,11H2,(H,12,13)(H,14,15);2*1H. The van der Waals surface area contributed by atoms with Gasteiger partial charge in [-0.05, 0) is 17.7 Å². The minimum absolute atomic E-state index is 0. The smallest absolute Gasteiger partial charge is 0.320 e. The van der Waals surface area contributed by atoms with Gasteiger partial charge in [-0.2, -0.15) is 0 Å². The van der Waals surface area contributed by atoms with E-state index in [1.807, 2.05) is 12.1 Å². The van der Waals surface area contributed by atoms with Gasteiger partial charge in [0.05, 0.1) is 0 Å². The Hall–Kier alpha value is -1.30. The fraction of sp³-hybridized carbons (Fsp3) is 0.200. The molecule has 0 saturated heterocycles. The molecule has 0 aromatic carbocycles. The number of carboxylic acids is 1. The molecule has 94 valence electrons. The molecule has 1 atom stereocenters. The van der Waals surface area contributed by atoms with Gasteiger partial charge in [-0.1, -0.05) is 0 Å². The third kappa shape index (κ3) is 3.33.